The summed E-state index contributed by atoms with van der Waals surface area (Å²) in [5, 5.41) is 11.7. The topological polar surface area (TPSA) is 93.3 Å². The Kier molecular flexibility index (Phi) is 3.01. The molecule has 0 aliphatic heterocycles. The van der Waals surface area contributed by atoms with Gasteiger partial charge in [0, 0.05) is 18.0 Å². The van der Waals surface area contributed by atoms with Gasteiger partial charge in [-0.05, 0) is 36.6 Å². The van der Waals surface area contributed by atoms with Gasteiger partial charge in [0.25, 0.3) is 5.91 Å². The van der Waals surface area contributed by atoms with E-state index >= 15 is 0 Å². The van der Waals surface area contributed by atoms with Crippen LogP contribution < -0.4 is 5.43 Å². The fourth-order valence-electron chi connectivity index (χ4n) is 1.93. The molecule has 2 aromatic heterocycles. The van der Waals surface area contributed by atoms with Crippen LogP contribution in [0.4, 0.5) is 0 Å². The first kappa shape index (κ1) is 11.5. The average Bonchev–Trinajstić information content (AvgIpc) is 2.94. The van der Waals surface area contributed by atoms with Crippen LogP contribution in [0, 0.1) is 0 Å². The van der Waals surface area contributed by atoms with E-state index in [1.165, 1.54) is 0 Å². The first-order valence-corrected chi connectivity index (χ1v) is 5.93. The van der Waals surface area contributed by atoms with Crippen molar-refractivity contribution < 1.29 is 9.42 Å². The number of amides is 1. The number of nitrogens with zero attached hydrogens (tertiary/aromatic N) is 4. The summed E-state index contributed by atoms with van der Waals surface area (Å²) in [6.45, 7) is 0. The molecule has 2 aromatic rings. The number of aryl methyl sites for hydroxylation is 1. The largest absolute Gasteiger partial charge is 0.271 e. The zero-order chi connectivity index (χ0) is 13.1. The van der Waals surface area contributed by atoms with Crippen LogP contribution in [0.5, 0.6) is 0 Å². The minimum atomic E-state index is -0.279. The number of hydrogen-bond donors (Lipinski definition) is 1. The van der Waals surface area contributed by atoms with Gasteiger partial charge in [0.15, 0.2) is 5.69 Å². The van der Waals surface area contributed by atoms with Crippen LogP contribution in [0.1, 0.15) is 34.6 Å². The molecule has 1 aliphatic rings. The van der Waals surface area contributed by atoms with Crippen molar-refractivity contribution in [1.29, 1.82) is 0 Å². The van der Waals surface area contributed by atoms with E-state index in [9.17, 15) is 4.79 Å². The van der Waals surface area contributed by atoms with Gasteiger partial charge >= 0.3 is 0 Å². The van der Waals surface area contributed by atoms with Crippen molar-refractivity contribution in [3.05, 3.63) is 41.5 Å². The van der Waals surface area contributed by atoms with Crippen molar-refractivity contribution in [3.8, 4) is 0 Å². The van der Waals surface area contributed by atoms with Crippen LogP contribution >= 0.6 is 0 Å². The second-order valence-corrected chi connectivity index (χ2v) is 4.15. The van der Waals surface area contributed by atoms with E-state index in [-0.39, 0.29) is 5.91 Å². The Morgan fingerprint density at radius 1 is 1.26 bits per heavy atom. The van der Waals surface area contributed by atoms with Gasteiger partial charge in [-0.25, -0.2) is 10.1 Å². The lowest BCUT2D eigenvalue weighted by Gasteiger charge is -2.09. The smallest absolute Gasteiger partial charge is 0.267 e. The Morgan fingerprint density at radius 3 is 2.95 bits per heavy atom. The maximum absolute atomic E-state index is 11.8. The Balaban J connectivity index is 1.76. The number of carbonyl (C=O) groups excluding carboxylic acids is 1. The van der Waals surface area contributed by atoms with E-state index in [1.54, 1.807) is 24.5 Å². The van der Waals surface area contributed by atoms with Crippen molar-refractivity contribution in [2.45, 2.75) is 19.3 Å². The summed E-state index contributed by atoms with van der Waals surface area (Å²) in [5.74, 6) is -0.279. The molecular weight excluding hydrogens is 246 g/mol. The van der Waals surface area contributed by atoms with Crippen LogP contribution in [0.3, 0.4) is 0 Å². The van der Waals surface area contributed by atoms with Gasteiger partial charge < -0.3 is 0 Å². The van der Waals surface area contributed by atoms with Gasteiger partial charge in [-0.15, -0.1) is 0 Å². The number of hydrogen-bond acceptors (Lipinski definition) is 6. The number of hydrazone groups is 1. The van der Waals surface area contributed by atoms with Crippen molar-refractivity contribution >= 4 is 11.6 Å². The monoisotopic (exact) mass is 257 g/mol. The van der Waals surface area contributed by atoms with Crippen LogP contribution in [0.2, 0.25) is 0 Å². The molecule has 1 N–H and O–H groups in total. The third kappa shape index (κ3) is 2.35. The molecule has 0 atom stereocenters. The Bertz CT molecular complexity index is 620. The van der Waals surface area contributed by atoms with Gasteiger partial charge in [-0.3, -0.25) is 9.78 Å². The third-order valence-electron chi connectivity index (χ3n) is 2.89. The van der Waals surface area contributed by atoms with Crippen molar-refractivity contribution in [2.24, 2.45) is 5.10 Å². The standard InChI is InChI=1S/C12H11N5O2/c18-12(8-4-6-13-7-5-8)15-14-9-2-1-3-10-11(9)17-19-16-10/h4-7H,1-3H2,(H,15,18)/b14-9+. The third-order valence-corrected chi connectivity index (χ3v) is 2.89. The molecule has 19 heavy (non-hydrogen) atoms. The van der Waals surface area contributed by atoms with Crippen molar-refractivity contribution in [1.82, 2.24) is 20.7 Å². The van der Waals surface area contributed by atoms with Gasteiger partial charge in [-0.1, -0.05) is 5.16 Å². The van der Waals surface area contributed by atoms with Crippen LogP contribution in [-0.4, -0.2) is 26.9 Å². The molecule has 7 heteroatoms. The molecule has 1 aliphatic carbocycles. The highest BCUT2D eigenvalue weighted by molar-refractivity contribution is 6.02. The normalized spacial score (nSPS) is 16.1. The molecule has 7 nitrogen and oxygen atoms in total. The summed E-state index contributed by atoms with van der Waals surface area (Å²) in [6, 6.07) is 3.25. The highest BCUT2D eigenvalue weighted by atomic mass is 16.6. The number of rotatable bonds is 2. The lowest BCUT2D eigenvalue weighted by molar-refractivity contribution is 0.0954. The van der Waals surface area contributed by atoms with E-state index in [2.05, 4.69) is 30.5 Å². The van der Waals surface area contributed by atoms with Gasteiger partial charge in [0.1, 0.15) is 5.69 Å². The summed E-state index contributed by atoms with van der Waals surface area (Å²) >= 11 is 0. The molecule has 0 aromatic carbocycles. The maximum Gasteiger partial charge on any atom is 0.271 e. The molecule has 0 spiro atoms. The summed E-state index contributed by atoms with van der Waals surface area (Å²) in [7, 11) is 0. The molecule has 1 amide bonds. The van der Waals surface area contributed by atoms with Crippen LogP contribution in [0.25, 0.3) is 0 Å². The minimum Gasteiger partial charge on any atom is -0.267 e. The van der Waals surface area contributed by atoms with Crippen molar-refractivity contribution in [2.75, 3.05) is 0 Å². The Hall–Kier alpha value is -2.57. The second kappa shape index (κ2) is 4.97. The van der Waals surface area contributed by atoms with E-state index in [0.29, 0.717) is 17.0 Å². The molecule has 0 saturated heterocycles. The number of aromatic nitrogens is 3. The number of pyridine rings is 1. The lowest BCUT2D eigenvalue weighted by atomic mass is 9.99. The Morgan fingerprint density at radius 2 is 2.11 bits per heavy atom. The van der Waals surface area contributed by atoms with Crippen molar-refractivity contribution in [3.63, 3.8) is 0 Å². The maximum atomic E-state index is 11.8. The van der Waals surface area contributed by atoms with E-state index < -0.39 is 0 Å². The second-order valence-electron chi connectivity index (χ2n) is 4.15. The molecule has 0 bridgehead atoms. The van der Waals surface area contributed by atoms with E-state index in [1.807, 2.05) is 0 Å². The molecule has 3 rings (SSSR count). The summed E-state index contributed by atoms with van der Waals surface area (Å²) in [5.41, 5.74) is 5.15. The molecule has 0 saturated carbocycles. The number of nitrogens with one attached hydrogen (secondary N) is 1. The number of fused-ring (bicyclic) bond motifs is 1. The predicted octanol–water partition coefficient (Wildman–Crippen LogP) is 0.935. The molecule has 2 heterocycles. The first-order valence-electron chi connectivity index (χ1n) is 5.93. The number of carbonyl (C=O) groups is 1. The Labute approximate surface area is 108 Å². The van der Waals surface area contributed by atoms with Gasteiger partial charge in [0.05, 0.1) is 5.71 Å². The SMILES string of the molecule is O=C(N/N=C1\CCCc2nonc21)c1ccncc1. The molecule has 0 radical (unpaired) electrons. The molecule has 0 unspecified atom stereocenters. The lowest BCUT2D eigenvalue weighted by Crippen LogP contribution is -2.22. The fraction of sp³-hybridized carbons (Fsp3) is 0.250. The highest BCUT2D eigenvalue weighted by Crippen LogP contribution is 2.17. The van der Waals surface area contributed by atoms with Crippen LogP contribution in [0.15, 0.2) is 34.3 Å². The molecule has 0 fully saturated rings. The predicted molar refractivity (Wildman–Crippen MR) is 65.5 cm³/mol. The molecule has 96 valence electrons. The highest BCUT2D eigenvalue weighted by Gasteiger charge is 2.21. The molecular formula is C12H11N5O2. The van der Waals surface area contributed by atoms with Gasteiger partial charge in [0.2, 0.25) is 0 Å². The van der Waals surface area contributed by atoms with E-state index in [4.69, 9.17) is 0 Å². The summed E-state index contributed by atoms with van der Waals surface area (Å²) in [6.07, 6.45) is 5.61. The minimum absolute atomic E-state index is 0.279. The van der Waals surface area contributed by atoms with Crippen LogP contribution in [-0.2, 0) is 6.42 Å². The average molecular weight is 257 g/mol. The quantitative estimate of drug-likeness (QED) is 0.808. The summed E-state index contributed by atoms with van der Waals surface area (Å²) < 4.78 is 4.69. The zero-order valence-electron chi connectivity index (χ0n) is 10.0. The summed E-state index contributed by atoms with van der Waals surface area (Å²) in [4.78, 5) is 15.7. The van der Waals surface area contributed by atoms with E-state index in [0.717, 1.165) is 25.0 Å². The fourth-order valence-corrected chi connectivity index (χ4v) is 1.93. The first-order chi connectivity index (χ1) is 9.34. The van der Waals surface area contributed by atoms with Gasteiger partial charge in [-0.2, -0.15) is 5.10 Å². The zero-order valence-corrected chi connectivity index (χ0v) is 10.0.